The number of nitrogens with two attached hydrogens (primary N) is 1. The Hall–Kier alpha value is -2.18. The van der Waals surface area contributed by atoms with Crippen LogP contribution >= 0.6 is 0 Å². The number of nitrogens with one attached hydrogen (secondary N) is 1. The predicted octanol–water partition coefficient (Wildman–Crippen LogP) is 1.59. The molecule has 7 heteroatoms. The highest BCUT2D eigenvalue weighted by atomic mass is 16.5. The van der Waals surface area contributed by atoms with Crippen LogP contribution in [0.5, 0.6) is 0 Å². The Morgan fingerprint density at radius 2 is 2.05 bits per heavy atom. The minimum Gasteiger partial charge on any atom is -0.369 e. The average molecular weight is 274 g/mol. The molecule has 0 saturated heterocycles. The maximum atomic E-state index is 5.65. The third-order valence-electron chi connectivity index (χ3n) is 3.46. The molecule has 7 nitrogen and oxygen atoms in total. The van der Waals surface area contributed by atoms with Crippen molar-refractivity contribution in [2.24, 2.45) is 0 Å². The van der Waals surface area contributed by atoms with Crippen molar-refractivity contribution >= 4 is 11.8 Å². The van der Waals surface area contributed by atoms with Gasteiger partial charge in [0.15, 0.2) is 5.82 Å². The lowest BCUT2D eigenvalue weighted by Crippen LogP contribution is -2.11. The topological polar surface area (TPSA) is 103 Å². The van der Waals surface area contributed by atoms with E-state index in [1.54, 1.807) is 0 Å². The Morgan fingerprint density at radius 1 is 1.25 bits per heavy atom. The molecule has 1 saturated carbocycles. The summed E-state index contributed by atoms with van der Waals surface area (Å²) in [5, 5.41) is 7.23. The van der Waals surface area contributed by atoms with Crippen molar-refractivity contribution in [2.45, 2.75) is 39.0 Å². The van der Waals surface area contributed by atoms with Crippen LogP contribution in [0.2, 0.25) is 0 Å². The maximum Gasteiger partial charge on any atom is 0.228 e. The lowest BCUT2D eigenvalue weighted by Gasteiger charge is -2.09. The minimum atomic E-state index is 0.282. The molecular weight excluding hydrogens is 256 g/mol. The quantitative estimate of drug-likeness (QED) is 0.853. The maximum absolute atomic E-state index is 5.65. The Kier molecular flexibility index (Phi) is 3.25. The number of aromatic nitrogens is 4. The highest BCUT2D eigenvalue weighted by Crippen LogP contribution is 2.38. The molecule has 2 heterocycles. The molecule has 0 atom stereocenters. The monoisotopic (exact) mass is 274 g/mol. The molecule has 2 aromatic heterocycles. The summed E-state index contributed by atoms with van der Waals surface area (Å²) in [7, 11) is 0. The SMILES string of the molecule is Cc1nc(N)nc(NCCc2nc(C3CC3)no2)c1C. The first kappa shape index (κ1) is 12.8. The van der Waals surface area contributed by atoms with Gasteiger partial charge in [-0.3, -0.25) is 0 Å². The van der Waals surface area contributed by atoms with Crippen molar-refractivity contribution in [2.75, 3.05) is 17.6 Å². The molecule has 3 rings (SSSR count). The van der Waals surface area contributed by atoms with Gasteiger partial charge >= 0.3 is 0 Å². The van der Waals surface area contributed by atoms with Gasteiger partial charge in [0, 0.05) is 30.1 Å². The number of hydrogen-bond donors (Lipinski definition) is 2. The van der Waals surface area contributed by atoms with Crippen molar-refractivity contribution in [3.63, 3.8) is 0 Å². The van der Waals surface area contributed by atoms with Crippen LogP contribution in [0.3, 0.4) is 0 Å². The molecule has 2 aromatic rings. The van der Waals surface area contributed by atoms with Gasteiger partial charge in [0.1, 0.15) is 5.82 Å². The second kappa shape index (κ2) is 5.07. The molecule has 0 radical (unpaired) electrons. The normalized spacial score (nSPS) is 14.5. The smallest absolute Gasteiger partial charge is 0.228 e. The minimum absolute atomic E-state index is 0.282. The predicted molar refractivity (Wildman–Crippen MR) is 74.4 cm³/mol. The summed E-state index contributed by atoms with van der Waals surface area (Å²) >= 11 is 0. The summed E-state index contributed by atoms with van der Waals surface area (Å²) in [4.78, 5) is 12.7. The zero-order chi connectivity index (χ0) is 14.1. The molecular formula is C13H18N6O. The van der Waals surface area contributed by atoms with Crippen LogP contribution in [0, 0.1) is 13.8 Å². The van der Waals surface area contributed by atoms with Crippen LogP contribution in [0.15, 0.2) is 4.52 Å². The second-order valence-corrected chi connectivity index (χ2v) is 5.14. The van der Waals surface area contributed by atoms with Crippen LogP contribution in [-0.4, -0.2) is 26.7 Å². The van der Waals surface area contributed by atoms with Crippen molar-refractivity contribution in [1.29, 1.82) is 0 Å². The van der Waals surface area contributed by atoms with Crippen LogP contribution in [-0.2, 0) is 6.42 Å². The highest BCUT2D eigenvalue weighted by Gasteiger charge is 2.28. The number of rotatable bonds is 5. The van der Waals surface area contributed by atoms with E-state index in [-0.39, 0.29) is 5.95 Å². The van der Waals surface area contributed by atoms with Gasteiger partial charge < -0.3 is 15.6 Å². The molecule has 0 spiro atoms. The molecule has 3 N–H and O–H groups in total. The zero-order valence-electron chi connectivity index (χ0n) is 11.7. The molecule has 1 aliphatic carbocycles. The van der Waals surface area contributed by atoms with Gasteiger partial charge in [0.05, 0.1) is 0 Å². The fraction of sp³-hybridized carbons (Fsp3) is 0.538. The summed E-state index contributed by atoms with van der Waals surface area (Å²) in [5.41, 5.74) is 7.54. The van der Waals surface area contributed by atoms with E-state index in [9.17, 15) is 0 Å². The molecule has 0 unspecified atom stereocenters. The number of hydrogen-bond acceptors (Lipinski definition) is 7. The van der Waals surface area contributed by atoms with Crippen LogP contribution in [0.1, 0.15) is 41.7 Å². The van der Waals surface area contributed by atoms with E-state index in [1.165, 1.54) is 12.8 Å². The molecule has 1 aliphatic rings. The summed E-state index contributed by atoms with van der Waals surface area (Å²) in [5.74, 6) is 3.07. The fourth-order valence-electron chi connectivity index (χ4n) is 1.99. The van der Waals surface area contributed by atoms with Crippen molar-refractivity contribution in [3.8, 4) is 0 Å². The Balaban J connectivity index is 1.59. The summed E-state index contributed by atoms with van der Waals surface area (Å²) in [6.07, 6.45) is 3.02. The van der Waals surface area contributed by atoms with Crippen LogP contribution in [0.4, 0.5) is 11.8 Å². The third kappa shape index (κ3) is 2.71. The first-order valence-electron chi connectivity index (χ1n) is 6.80. The number of aryl methyl sites for hydroxylation is 1. The van der Waals surface area contributed by atoms with Gasteiger partial charge in [0.2, 0.25) is 11.8 Å². The Morgan fingerprint density at radius 3 is 2.80 bits per heavy atom. The van der Waals surface area contributed by atoms with E-state index >= 15 is 0 Å². The van der Waals surface area contributed by atoms with Crippen LogP contribution in [0.25, 0.3) is 0 Å². The molecule has 20 heavy (non-hydrogen) atoms. The van der Waals surface area contributed by atoms with Crippen molar-refractivity contribution in [1.82, 2.24) is 20.1 Å². The van der Waals surface area contributed by atoms with E-state index in [0.717, 1.165) is 22.9 Å². The standard InChI is InChI=1S/C13H18N6O/c1-7-8(2)16-13(14)18-11(7)15-6-5-10-17-12(19-20-10)9-3-4-9/h9H,3-6H2,1-2H3,(H3,14,15,16,18). The first-order chi connectivity index (χ1) is 9.63. The summed E-state index contributed by atoms with van der Waals surface area (Å²) in [6, 6.07) is 0. The van der Waals surface area contributed by atoms with Gasteiger partial charge in [-0.2, -0.15) is 9.97 Å². The van der Waals surface area contributed by atoms with Gasteiger partial charge in [-0.15, -0.1) is 0 Å². The van der Waals surface area contributed by atoms with Gasteiger partial charge in [-0.05, 0) is 26.7 Å². The highest BCUT2D eigenvalue weighted by molar-refractivity contribution is 5.48. The van der Waals surface area contributed by atoms with Gasteiger partial charge in [0.25, 0.3) is 0 Å². The van der Waals surface area contributed by atoms with E-state index < -0.39 is 0 Å². The largest absolute Gasteiger partial charge is 0.369 e. The molecule has 0 aromatic carbocycles. The molecule has 0 amide bonds. The third-order valence-corrected chi connectivity index (χ3v) is 3.46. The van der Waals surface area contributed by atoms with Crippen molar-refractivity contribution in [3.05, 3.63) is 23.0 Å². The van der Waals surface area contributed by atoms with Crippen molar-refractivity contribution < 1.29 is 4.52 Å². The Labute approximate surface area is 117 Å². The number of nitrogen functional groups attached to an aromatic ring is 1. The van der Waals surface area contributed by atoms with E-state index in [0.29, 0.717) is 24.8 Å². The molecule has 106 valence electrons. The second-order valence-electron chi connectivity index (χ2n) is 5.14. The molecule has 0 aliphatic heterocycles. The lowest BCUT2D eigenvalue weighted by molar-refractivity contribution is 0.375. The van der Waals surface area contributed by atoms with E-state index in [1.807, 2.05) is 13.8 Å². The first-order valence-corrected chi connectivity index (χ1v) is 6.80. The fourth-order valence-corrected chi connectivity index (χ4v) is 1.99. The average Bonchev–Trinajstić information content (AvgIpc) is 3.15. The lowest BCUT2D eigenvalue weighted by atomic mass is 10.2. The molecule has 0 bridgehead atoms. The number of anilines is 2. The summed E-state index contributed by atoms with van der Waals surface area (Å²) < 4.78 is 5.22. The summed E-state index contributed by atoms with van der Waals surface area (Å²) in [6.45, 7) is 4.55. The van der Waals surface area contributed by atoms with E-state index in [2.05, 4.69) is 25.4 Å². The van der Waals surface area contributed by atoms with Gasteiger partial charge in [-0.25, -0.2) is 4.98 Å². The number of nitrogens with zero attached hydrogens (tertiary/aromatic N) is 4. The Bertz CT molecular complexity index is 619. The molecule has 1 fully saturated rings. The van der Waals surface area contributed by atoms with E-state index in [4.69, 9.17) is 10.3 Å². The van der Waals surface area contributed by atoms with Crippen LogP contribution < -0.4 is 11.1 Å². The zero-order valence-corrected chi connectivity index (χ0v) is 11.7. The van der Waals surface area contributed by atoms with Gasteiger partial charge in [-0.1, -0.05) is 5.16 Å².